The molecule has 8 heteroatoms. The summed E-state index contributed by atoms with van der Waals surface area (Å²) in [6.45, 7) is 0.882. The number of hydrogen-bond donors (Lipinski definition) is 1. The fraction of sp³-hybridized carbons (Fsp3) is 0.294. The molecule has 0 aliphatic rings. The van der Waals surface area contributed by atoms with Crippen molar-refractivity contribution in [3.8, 4) is 0 Å². The van der Waals surface area contributed by atoms with Crippen LogP contribution in [0.25, 0.3) is 10.8 Å². The fourth-order valence-corrected chi connectivity index (χ4v) is 2.76. The van der Waals surface area contributed by atoms with Gasteiger partial charge < -0.3 is 5.32 Å². The number of fused-ring (bicyclic) bond motifs is 1. The summed E-state index contributed by atoms with van der Waals surface area (Å²) in [5.74, 6) is -0.320. The predicted octanol–water partition coefficient (Wildman–Crippen LogP) is 0.579. The van der Waals surface area contributed by atoms with Crippen LogP contribution in [-0.4, -0.2) is 44.5 Å². The van der Waals surface area contributed by atoms with Crippen LogP contribution in [-0.2, 0) is 20.3 Å². The summed E-state index contributed by atoms with van der Waals surface area (Å²) in [6.07, 6.45) is 3.70. The van der Waals surface area contributed by atoms with Gasteiger partial charge in [0.25, 0.3) is 11.5 Å². The van der Waals surface area contributed by atoms with Crippen LogP contribution in [0.2, 0.25) is 0 Å². The molecular weight excluding hydrogens is 320 g/mol. The van der Waals surface area contributed by atoms with Crippen molar-refractivity contribution in [3.05, 3.63) is 58.3 Å². The van der Waals surface area contributed by atoms with Crippen molar-refractivity contribution >= 4 is 16.7 Å². The summed E-state index contributed by atoms with van der Waals surface area (Å²) in [4.78, 5) is 26.8. The third kappa shape index (κ3) is 3.43. The number of carbonyl (C=O) groups is 1. The number of aryl methyl sites for hydroxylation is 1. The molecule has 1 N–H and O–H groups in total. The molecule has 0 unspecified atom stereocenters. The van der Waals surface area contributed by atoms with Gasteiger partial charge in [0.05, 0.1) is 18.3 Å². The second-order valence-electron chi connectivity index (χ2n) is 5.96. The van der Waals surface area contributed by atoms with E-state index < -0.39 is 0 Å². The van der Waals surface area contributed by atoms with Crippen molar-refractivity contribution in [2.75, 3.05) is 14.1 Å². The Balaban J connectivity index is 1.96. The van der Waals surface area contributed by atoms with Crippen molar-refractivity contribution in [2.24, 2.45) is 7.05 Å². The van der Waals surface area contributed by atoms with Gasteiger partial charge in [-0.2, -0.15) is 10.2 Å². The van der Waals surface area contributed by atoms with Gasteiger partial charge in [-0.15, -0.1) is 0 Å². The number of rotatable bonds is 5. The lowest BCUT2D eigenvalue weighted by Gasteiger charge is -2.17. The van der Waals surface area contributed by atoms with Crippen LogP contribution in [0, 0.1) is 0 Å². The zero-order valence-corrected chi connectivity index (χ0v) is 14.4. The summed E-state index contributed by atoms with van der Waals surface area (Å²) in [7, 11) is 5.28. The smallest absolute Gasteiger partial charge is 0.275 e. The van der Waals surface area contributed by atoms with E-state index in [4.69, 9.17) is 0 Å². The molecule has 1 amide bonds. The first kappa shape index (κ1) is 16.8. The van der Waals surface area contributed by atoms with Gasteiger partial charge in [-0.05, 0) is 13.1 Å². The first-order valence-electron chi connectivity index (χ1n) is 7.87. The largest absolute Gasteiger partial charge is 0.354 e. The molecule has 0 fully saturated rings. The molecule has 1 aromatic carbocycles. The Labute approximate surface area is 144 Å². The van der Waals surface area contributed by atoms with E-state index in [9.17, 15) is 9.59 Å². The maximum Gasteiger partial charge on any atom is 0.275 e. The van der Waals surface area contributed by atoms with Crippen LogP contribution in [0.3, 0.4) is 0 Å². The highest BCUT2D eigenvalue weighted by Crippen LogP contribution is 2.13. The second kappa shape index (κ2) is 6.86. The van der Waals surface area contributed by atoms with Gasteiger partial charge in [0, 0.05) is 37.8 Å². The van der Waals surface area contributed by atoms with Crippen molar-refractivity contribution < 1.29 is 4.79 Å². The average Bonchev–Trinajstić information content (AvgIpc) is 3.01. The van der Waals surface area contributed by atoms with E-state index in [-0.39, 0.29) is 23.8 Å². The zero-order valence-electron chi connectivity index (χ0n) is 14.4. The highest BCUT2D eigenvalue weighted by atomic mass is 16.2. The van der Waals surface area contributed by atoms with Crippen LogP contribution in [0.4, 0.5) is 0 Å². The Morgan fingerprint density at radius 1 is 1.28 bits per heavy atom. The van der Waals surface area contributed by atoms with E-state index in [0.29, 0.717) is 17.3 Å². The van der Waals surface area contributed by atoms with Crippen LogP contribution in [0.5, 0.6) is 0 Å². The zero-order chi connectivity index (χ0) is 18.0. The molecule has 0 aliphatic carbocycles. The second-order valence-corrected chi connectivity index (χ2v) is 5.96. The van der Waals surface area contributed by atoms with Crippen LogP contribution in [0.1, 0.15) is 16.1 Å². The van der Waals surface area contributed by atoms with E-state index in [1.807, 2.05) is 25.2 Å². The van der Waals surface area contributed by atoms with Crippen molar-refractivity contribution in [1.82, 2.24) is 29.8 Å². The molecule has 2 aromatic heterocycles. The van der Waals surface area contributed by atoms with E-state index in [2.05, 4.69) is 15.5 Å². The van der Waals surface area contributed by atoms with E-state index in [0.717, 1.165) is 5.56 Å². The molecule has 2 heterocycles. The van der Waals surface area contributed by atoms with Crippen molar-refractivity contribution in [1.29, 1.82) is 0 Å². The first-order valence-corrected chi connectivity index (χ1v) is 7.87. The molecule has 0 atom stereocenters. The Morgan fingerprint density at radius 3 is 2.64 bits per heavy atom. The van der Waals surface area contributed by atoms with Gasteiger partial charge in [-0.25, -0.2) is 4.68 Å². The van der Waals surface area contributed by atoms with E-state index in [1.54, 1.807) is 42.2 Å². The Bertz CT molecular complexity index is 975. The third-order valence-corrected chi connectivity index (χ3v) is 3.90. The average molecular weight is 340 g/mol. The lowest BCUT2D eigenvalue weighted by Crippen LogP contribution is -2.34. The number of nitrogens with zero attached hydrogens (tertiary/aromatic N) is 5. The molecule has 0 bridgehead atoms. The maximum absolute atomic E-state index is 12.7. The number of benzene rings is 1. The molecule has 25 heavy (non-hydrogen) atoms. The lowest BCUT2D eigenvalue weighted by atomic mass is 10.1. The first-order chi connectivity index (χ1) is 12.0. The maximum atomic E-state index is 12.7. The monoisotopic (exact) mass is 340 g/mol. The fourth-order valence-electron chi connectivity index (χ4n) is 2.76. The van der Waals surface area contributed by atoms with Crippen LogP contribution < -0.4 is 10.9 Å². The topological polar surface area (TPSA) is 85.1 Å². The van der Waals surface area contributed by atoms with Crippen molar-refractivity contribution in [2.45, 2.75) is 13.2 Å². The Morgan fingerprint density at radius 2 is 2.00 bits per heavy atom. The molecule has 3 aromatic rings. The van der Waals surface area contributed by atoms with Gasteiger partial charge in [-0.3, -0.25) is 19.2 Å². The molecule has 0 aliphatic heterocycles. The lowest BCUT2D eigenvalue weighted by molar-refractivity contribution is 0.0956. The SMILES string of the molecule is CNC(=O)c1nn(CN(C)Cc2cnn(C)c2)c(=O)c2ccccc12. The number of aromatic nitrogens is 4. The molecule has 0 radical (unpaired) electrons. The van der Waals surface area contributed by atoms with E-state index in [1.165, 1.54) is 4.68 Å². The van der Waals surface area contributed by atoms with Gasteiger partial charge in [0.15, 0.2) is 5.69 Å². The summed E-state index contributed by atoms with van der Waals surface area (Å²) >= 11 is 0. The summed E-state index contributed by atoms with van der Waals surface area (Å²) in [6, 6.07) is 7.01. The Hall–Kier alpha value is -3.00. The summed E-state index contributed by atoms with van der Waals surface area (Å²) in [5, 5.41) is 12.0. The summed E-state index contributed by atoms with van der Waals surface area (Å²) in [5.41, 5.74) is 1.05. The van der Waals surface area contributed by atoms with Gasteiger partial charge in [0.1, 0.15) is 0 Å². The minimum atomic E-state index is -0.320. The minimum absolute atomic E-state index is 0.221. The van der Waals surface area contributed by atoms with Gasteiger partial charge >= 0.3 is 0 Å². The number of amides is 1. The van der Waals surface area contributed by atoms with Crippen LogP contribution in [0.15, 0.2) is 41.5 Å². The van der Waals surface area contributed by atoms with Crippen molar-refractivity contribution in [3.63, 3.8) is 0 Å². The number of carbonyl (C=O) groups excluding carboxylic acids is 1. The normalized spacial score (nSPS) is 11.2. The van der Waals surface area contributed by atoms with E-state index >= 15 is 0 Å². The molecule has 0 spiro atoms. The highest BCUT2D eigenvalue weighted by Gasteiger charge is 2.16. The predicted molar refractivity (Wildman–Crippen MR) is 94.1 cm³/mol. The summed E-state index contributed by atoms with van der Waals surface area (Å²) < 4.78 is 3.05. The molecule has 3 rings (SSSR count). The number of hydrogen-bond acceptors (Lipinski definition) is 5. The molecule has 130 valence electrons. The number of nitrogens with one attached hydrogen (secondary N) is 1. The molecule has 0 saturated heterocycles. The quantitative estimate of drug-likeness (QED) is 0.734. The minimum Gasteiger partial charge on any atom is -0.354 e. The Kier molecular flexibility index (Phi) is 4.62. The molecular formula is C17H20N6O2. The molecule has 0 saturated carbocycles. The highest BCUT2D eigenvalue weighted by molar-refractivity contribution is 6.04. The van der Waals surface area contributed by atoms with Gasteiger partial charge in [-0.1, -0.05) is 18.2 Å². The standard InChI is InChI=1S/C17H20N6O2/c1-18-16(24)15-13-6-4-5-7-14(13)17(25)23(20-15)11-21(2)9-12-8-19-22(3)10-12/h4-8,10H,9,11H2,1-3H3,(H,18,24). The third-order valence-electron chi connectivity index (χ3n) is 3.90. The van der Waals surface area contributed by atoms with Gasteiger partial charge in [0.2, 0.25) is 0 Å². The van der Waals surface area contributed by atoms with Crippen LogP contribution >= 0.6 is 0 Å². The molecule has 8 nitrogen and oxygen atoms in total.